The molecule has 18 heteroatoms. The second-order valence-corrected chi connectivity index (χ2v) is 24.5. The number of ether oxygens (including phenoxy) is 4. The van der Waals surface area contributed by atoms with Crippen molar-refractivity contribution in [3.05, 3.63) is 84.8 Å². The van der Waals surface area contributed by atoms with Crippen molar-refractivity contribution in [1.82, 2.24) is 25.2 Å². The number of rotatable bonds is 14. The maximum atomic E-state index is 14.2. The Hall–Kier alpha value is -5.87. The van der Waals surface area contributed by atoms with Crippen molar-refractivity contribution in [3.63, 3.8) is 0 Å². The minimum atomic E-state index is -3.28. The first-order valence-electron chi connectivity index (χ1n) is 22.1. The molecule has 0 aliphatic carbocycles. The first kappa shape index (κ1) is 51.1. The number of nitriles is 1. The highest BCUT2D eigenvalue weighted by atomic mass is 28.4. The minimum Gasteiger partial charge on any atom is -0.455 e. The number of carbonyl (C=O) groups excluding carboxylic acids is 4. The number of aromatic nitrogens is 3. The third kappa shape index (κ3) is 11.2. The monoisotopic (exact) mass is 927 g/mol. The summed E-state index contributed by atoms with van der Waals surface area (Å²) in [5.41, 5.74) is -3.67. The number of fused-ring (bicyclic) bond motifs is 1. The SMILES string of the molecule is CC(C)[C@H](NC(=O)OC(C)(C)C)C(=O)Nc1ncnn2c([C@]3(C#N)O[C@H](CO[Si](c4ccccc4)(c4ccccc4)C(C)(C)C)[C@@H](OC(=O)[C@@H](NC(=O)OC(C)(C)C)C(C)C)[C@H]3O)ccc12. The third-order valence-electron chi connectivity index (χ3n) is 11.0. The molecular weight excluding hydrogens is 863 g/mol. The van der Waals surface area contributed by atoms with Crippen LogP contribution in [-0.4, -0.2) is 100 Å². The Morgan fingerprint density at radius 1 is 0.818 bits per heavy atom. The summed E-state index contributed by atoms with van der Waals surface area (Å²) < 4.78 is 32.2. The maximum Gasteiger partial charge on any atom is 0.408 e. The number of aliphatic hydroxyl groups excluding tert-OH is 1. The van der Waals surface area contributed by atoms with Gasteiger partial charge in [0.2, 0.25) is 11.5 Å². The van der Waals surface area contributed by atoms with Gasteiger partial charge in [-0.05, 0) is 80.9 Å². The predicted octanol–water partition coefficient (Wildman–Crippen LogP) is 5.73. The molecule has 66 heavy (non-hydrogen) atoms. The van der Waals surface area contributed by atoms with Crippen molar-refractivity contribution < 1.29 is 47.7 Å². The van der Waals surface area contributed by atoms with Gasteiger partial charge >= 0.3 is 18.2 Å². The van der Waals surface area contributed by atoms with Gasteiger partial charge in [-0.3, -0.25) is 4.79 Å². The fraction of sp³-hybridized carbons (Fsp3) is 0.521. The van der Waals surface area contributed by atoms with Crippen LogP contribution in [0.3, 0.4) is 0 Å². The van der Waals surface area contributed by atoms with Gasteiger partial charge in [0, 0.05) is 0 Å². The van der Waals surface area contributed by atoms with Gasteiger partial charge in [0.1, 0.15) is 53.4 Å². The molecule has 5 rings (SSSR count). The molecule has 4 N–H and O–H groups in total. The van der Waals surface area contributed by atoms with E-state index in [1.807, 2.05) is 60.7 Å². The lowest BCUT2D eigenvalue weighted by Crippen LogP contribution is -2.67. The topological polar surface area (TPSA) is 225 Å². The smallest absolute Gasteiger partial charge is 0.408 e. The van der Waals surface area contributed by atoms with Gasteiger partial charge in [-0.25, -0.2) is 23.9 Å². The van der Waals surface area contributed by atoms with Crippen LogP contribution < -0.4 is 26.3 Å². The van der Waals surface area contributed by atoms with Crippen LogP contribution in [0.5, 0.6) is 0 Å². The molecule has 0 spiro atoms. The van der Waals surface area contributed by atoms with E-state index in [-0.39, 0.29) is 29.6 Å². The zero-order valence-electron chi connectivity index (χ0n) is 40.2. The Kier molecular flexibility index (Phi) is 15.4. The molecule has 1 saturated heterocycles. The van der Waals surface area contributed by atoms with Crippen molar-refractivity contribution >= 4 is 54.1 Å². The van der Waals surface area contributed by atoms with E-state index in [2.05, 4.69) is 52.9 Å². The van der Waals surface area contributed by atoms with Crippen LogP contribution >= 0.6 is 0 Å². The Labute approximate surface area is 388 Å². The van der Waals surface area contributed by atoms with E-state index in [1.54, 1.807) is 75.3 Å². The van der Waals surface area contributed by atoms with Crippen molar-refractivity contribution in [2.45, 2.75) is 142 Å². The van der Waals surface area contributed by atoms with E-state index in [9.17, 15) is 29.5 Å². The summed E-state index contributed by atoms with van der Waals surface area (Å²) in [5, 5.41) is 37.5. The number of hydrogen-bond donors (Lipinski definition) is 4. The van der Waals surface area contributed by atoms with Crippen LogP contribution in [0.25, 0.3) is 5.52 Å². The lowest BCUT2D eigenvalue weighted by atomic mass is 9.92. The number of alkyl carbamates (subject to hydrolysis) is 2. The summed E-state index contributed by atoms with van der Waals surface area (Å²) >= 11 is 0. The van der Waals surface area contributed by atoms with Crippen molar-refractivity contribution in [2.75, 3.05) is 11.9 Å². The number of benzene rings is 2. The van der Waals surface area contributed by atoms with E-state index >= 15 is 0 Å². The Morgan fingerprint density at radius 3 is 1.80 bits per heavy atom. The second-order valence-electron chi connectivity index (χ2n) is 20.2. The quantitative estimate of drug-likeness (QED) is 0.0674. The van der Waals surface area contributed by atoms with Crippen LogP contribution in [0.1, 0.15) is 95.7 Å². The highest BCUT2D eigenvalue weighted by Gasteiger charge is 2.61. The van der Waals surface area contributed by atoms with Crippen LogP contribution in [0, 0.1) is 23.2 Å². The molecule has 0 bridgehead atoms. The predicted molar refractivity (Wildman–Crippen MR) is 249 cm³/mol. The zero-order chi connectivity index (χ0) is 49.0. The molecule has 2 aromatic heterocycles. The van der Waals surface area contributed by atoms with Crippen molar-refractivity contribution in [3.8, 4) is 6.07 Å². The minimum absolute atomic E-state index is 0.0268. The van der Waals surface area contributed by atoms with Gasteiger partial charge in [0.25, 0.3) is 8.32 Å². The Balaban J connectivity index is 1.58. The Morgan fingerprint density at radius 2 is 1.33 bits per heavy atom. The number of carbonyl (C=O) groups is 4. The summed E-state index contributed by atoms with van der Waals surface area (Å²) in [6, 6.07) is 22.6. The van der Waals surface area contributed by atoms with Crippen LogP contribution in [0.4, 0.5) is 15.4 Å². The molecule has 4 aromatic rings. The second kappa shape index (κ2) is 19.9. The first-order valence-corrected chi connectivity index (χ1v) is 24.0. The van der Waals surface area contributed by atoms with Gasteiger partial charge in [-0.2, -0.15) is 10.4 Å². The van der Waals surface area contributed by atoms with Crippen LogP contribution in [-0.2, 0) is 38.6 Å². The summed E-state index contributed by atoms with van der Waals surface area (Å²) in [6.45, 7) is 23.2. The number of esters is 1. The van der Waals surface area contributed by atoms with Gasteiger partial charge in [-0.15, -0.1) is 0 Å². The molecule has 0 unspecified atom stereocenters. The van der Waals surface area contributed by atoms with Crippen molar-refractivity contribution in [2.24, 2.45) is 11.8 Å². The molecule has 1 aliphatic rings. The molecule has 356 valence electrons. The van der Waals surface area contributed by atoms with Gasteiger partial charge in [0.05, 0.1) is 12.3 Å². The van der Waals surface area contributed by atoms with Crippen molar-refractivity contribution in [1.29, 1.82) is 5.26 Å². The maximum absolute atomic E-state index is 14.2. The summed E-state index contributed by atoms with van der Waals surface area (Å²) in [4.78, 5) is 57.9. The largest absolute Gasteiger partial charge is 0.455 e. The lowest BCUT2D eigenvalue weighted by molar-refractivity contribution is -0.160. The van der Waals surface area contributed by atoms with E-state index in [0.29, 0.717) is 0 Å². The number of aliphatic hydroxyl groups is 1. The number of anilines is 1. The molecular formula is C48H65N7O10Si. The normalized spacial score (nSPS) is 20.0. The Bertz CT molecular complexity index is 2350. The number of hydrogen-bond acceptors (Lipinski definition) is 13. The molecule has 0 saturated carbocycles. The molecule has 6 atom stereocenters. The standard InChI is InChI=1S/C48H65N7O10Si/c1-29(2)36(52-43(59)64-45(5,6)7)41(57)54-40-33-24-25-35(55(33)51-28-50-40)48(27-49)39(56)38(62-42(58)37(30(3)4)53-44(60)65-46(8,9)10)34(63-48)26-61-66(47(11,12)13,31-20-16-14-17-21-31)32-22-18-15-19-23-32/h14-25,28-30,34,36-39,56H,26H2,1-13H3,(H,52,59)(H,53,60)(H,50,51,54,57)/t34-,36+,37+,38-,39-,48+/m1/s1. The van der Waals surface area contributed by atoms with Gasteiger partial charge in [0.15, 0.2) is 11.9 Å². The molecule has 17 nitrogen and oxygen atoms in total. The molecule has 1 fully saturated rings. The van der Waals surface area contributed by atoms with Crippen LogP contribution in [0.2, 0.25) is 5.04 Å². The fourth-order valence-corrected chi connectivity index (χ4v) is 12.6. The average molecular weight is 928 g/mol. The molecule has 1 aliphatic heterocycles. The van der Waals surface area contributed by atoms with E-state index in [0.717, 1.165) is 16.7 Å². The molecule has 3 amide bonds. The van der Waals surface area contributed by atoms with E-state index in [4.69, 9.17) is 23.4 Å². The summed E-state index contributed by atoms with van der Waals surface area (Å²) in [6.07, 6.45) is -5.13. The highest BCUT2D eigenvalue weighted by molar-refractivity contribution is 6.99. The molecule has 3 heterocycles. The molecule has 2 aromatic carbocycles. The lowest BCUT2D eigenvalue weighted by Gasteiger charge is -2.43. The fourth-order valence-electron chi connectivity index (χ4n) is 8.02. The highest BCUT2D eigenvalue weighted by Crippen LogP contribution is 2.44. The van der Waals surface area contributed by atoms with Gasteiger partial charge < -0.3 is 44.4 Å². The number of nitrogens with one attached hydrogen (secondary N) is 3. The zero-order valence-corrected chi connectivity index (χ0v) is 41.2. The number of amides is 3. The third-order valence-corrected chi connectivity index (χ3v) is 16.0. The van der Waals surface area contributed by atoms with E-state index < -0.39 is 90.5 Å². The average Bonchev–Trinajstić information content (AvgIpc) is 3.77. The van der Waals surface area contributed by atoms with Crippen LogP contribution in [0.15, 0.2) is 79.1 Å². The van der Waals surface area contributed by atoms with Gasteiger partial charge in [-0.1, -0.05) is 109 Å². The summed E-state index contributed by atoms with van der Waals surface area (Å²) in [7, 11) is -3.28. The molecule has 0 radical (unpaired) electrons. The summed E-state index contributed by atoms with van der Waals surface area (Å²) in [5.74, 6) is -2.33. The first-order chi connectivity index (χ1) is 30.7. The van der Waals surface area contributed by atoms with E-state index in [1.165, 1.54) is 10.6 Å². The number of nitrogens with zero attached hydrogens (tertiary/aromatic N) is 4.